The van der Waals surface area contributed by atoms with Gasteiger partial charge in [-0.1, -0.05) is 39.3 Å². The van der Waals surface area contributed by atoms with Crippen LogP contribution < -0.4 is 4.90 Å². The molecule has 0 aromatic carbocycles. The first-order valence-corrected chi connectivity index (χ1v) is 22.6. The molecule has 0 N–H and O–H groups in total. The van der Waals surface area contributed by atoms with Crippen molar-refractivity contribution in [2.45, 2.75) is 83.4 Å². The number of anilines is 1. The second-order valence-corrected chi connectivity index (χ2v) is 25.6. The number of amides is 1. The number of methoxy groups -OCH3 is 1. The summed E-state index contributed by atoms with van der Waals surface area (Å²) >= 11 is 1.54. The maximum Gasteiger partial charge on any atom is 0.307 e. The second-order valence-electron chi connectivity index (χ2n) is 13.3. The van der Waals surface area contributed by atoms with Crippen LogP contribution in [0.15, 0.2) is 12.4 Å². The molecule has 4 rings (SSSR count). The van der Waals surface area contributed by atoms with Crippen molar-refractivity contribution in [3.63, 3.8) is 0 Å². The Bertz CT molecular complexity index is 1190. The summed E-state index contributed by atoms with van der Waals surface area (Å²) < 4.78 is 18.8. The normalized spacial score (nSPS) is 17.7. The lowest BCUT2D eigenvalue weighted by molar-refractivity contribution is -0.141. The molecule has 40 heavy (non-hydrogen) atoms. The van der Waals surface area contributed by atoms with Crippen LogP contribution in [0.1, 0.15) is 28.1 Å². The number of hydrogen-bond acceptors (Lipinski definition) is 8. The Morgan fingerprint density at radius 2 is 1.73 bits per heavy atom. The zero-order valence-corrected chi connectivity index (χ0v) is 28.1. The van der Waals surface area contributed by atoms with E-state index in [1.54, 1.807) is 4.90 Å². The summed E-state index contributed by atoms with van der Waals surface area (Å²) in [6.45, 7) is 17.2. The molecule has 0 unspecified atom stereocenters. The predicted octanol–water partition coefficient (Wildman–Crippen LogP) is 5.38. The fraction of sp³-hybridized carbons (Fsp3) is 0.679. The van der Waals surface area contributed by atoms with E-state index in [0.717, 1.165) is 59.1 Å². The Morgan fingerprint density at radius 3 is 2.38 bits per heavy atom. The van der Waals surface area contributed by atoms with Crippen molar-refractivity contribution in [1.82, 2.24) is 14.7 Å². The van der Waals surface area contributed by atoms with Crippen LogP contribution in [0, 0.1) is 0 Å². The van der Waals surface area contributed by atoms with Gasteiger partial charge in [-0.2, -0.15) is 5.10 Å². The van der Waals surface area contributed by atoms with Gasteiger partial charge in [0.25, 0.3) is 5.91 Å². The number of nitrogens with zero attached hydrogens (tertiary/aromatic N) is 4. The first kappa shape index (κ1) is 31.0. The second kappa shape index (κ2) is 12.9. The number of rotatable bonds is 13. The molecule has 12 heteroatoms. The van der Waals surface area contributed by atoms with Gasteiger partial charge in [0.1, 0.15) is 18.3 Å². The fourth-order valence-corrected chi connectivity index (χ4v) is 7.87. The molecular weight excluding hydrogens is 561 g/mol. The molecule has 2 aromatic rings. The van der Waals surface area contributed by atoms with Gasteiger partial charge in [0.05, 0.1) is 31.5 Å². The largest absolute Gasteiger partial charge is 0.469 e. The van der Waals surface area contributed by atoms with E-state index in [2.05, 4.69) is 49.3 Å². The van der Waals surface area contributed by atoms with Crippen LogP contribution in [0.5, 0.6) is 0 Å². The highest BCUT2D eigenvalue weighted by Crippen LogP contribution is 2.47. The highest BCUT2D eigenvalue weighted by Gasteiger charge is 2.40. The Balaban J connectivity index is 1.59. The Labute approximate surface area is 244 Å². The molecule has 2 aromatic heterocycles. The van der Waals surface area contributed by atoms with Crippen LogP contribution in [0.25, 0.3) is 10.4 Å². The van der Waals surface area contributed by atoms with Gasteiger partial charge in [-0.05, 0) is 30.5 Å². The molecule has 4 heterocycles. The van der Waals surface area contributed by atoms with Crippen LogP contribution in [0.3, 0.4) is 0 Å². The van der Waals surface area contributed by atoms with Crippen molar-refractivity contribution < 1.29 is 23.8 Å². The predicted molar refractivity (Wildman–Crippen MR) is 166 cm³/mol. The Kier molecular flexibility index (Phi) is 9.97. The van der Waals surface area contributed by atoms with E-state index in [1.165, 1.54) is 24.0 Å². The summed E-state index contributed by atoms with van der Waals surface area (Å²) in [6, 6.07) is 1.99. The minimum atomic E-state index is -1.25. The van der Waals surface area contributed by atoms with Gasteiger partial charge in [-0.15, -0.1) is 11.3 Å². The minimum absolute atomic E-state index is 0.0261. The number of ether oxygens (including phenoxy) is 3. The maximum atomic E-state index is 14.0. The van der Waals surface area contributed by atoms with Crippen molar-refractivity contribution >= 4 is 45.0 Å². The van der Waals surface area contributed by atoms with Crippen LogP contribution in [0.2, 0.25) is 51.4 Å². The summed E-state index contributed by atoms with van der Waals surface area (Å²) in [5, 5.41) is 4.56. The minimum Gasteiger partial charge on any atom is -0.469 e. The van der Waals surface area contributed by atoms with Crippen LogP contribution in [-0.2, 0) is 32.2 Å². The third kappa shape index (κ3) is 7.84. The highest BCUT2D eigenvalue weighted by atomic mass is 32.1. The van der Waals surface area contributed by atoms with Gasteiger partial charge in [-0.25, -0.2) is 4.68 Å². The molecular formula is C28H46N4O5SSi2. The van der Waals surface area contributed by atoms with Gasteiger partial charge in [0.2, 0.25) is 0 Å². The summed E-state index contributed by atoms with van der Waals surface area (Å²) in [4.78, 5) is 32.2. The molecule has 0 spiro atoms. The molecule has 1 atom stereocenters. The molecule has 0 aliphatic carbocycles. The number of thiophene rings is 1. The zero-order valence-electron chi connectivity index (χ0n) is 25.2. The van der Waals surface area contributed by atoms with Crippen LogP contribution >= 0.6 is 11.3 Å². The topological polar surface area (TPSA) is 86.1 Å². The first-order chi connectivity index (χ1) is 18.9. The summed E-state index contributed by atoms with van der Waals surface area (Å²) in [5.74, 6) is -0.291. The maximum absolute atomic E-state index is 14.0. The smallest absolute Gasteiger partial charge is 0.307 e. The van der Waals surface area contributed by atoms with Crippen molar-refractivity contribution in [3.05, 3.63) is 22.8 Å². The summed E-state index contributed by atoms with van der Waals surface area (Å²) in [7, 11) is -0.973. The van der Waals surface area contributed by atoms with E-state index in [4.69, 9.17) is 14.2 Å². The fourth-order valence-electron chi connectivity index (χ4n) is 5.06. The van der Waals surface area contributed by atoms with E-state index in [1.807, 2.05) is 17.1 Å². The molecule has 9 nitrogen and oxygen atoms in total. The molecule has 2 aliphatic heterocycles. The van der Waals surface area contributed by atoms with Crippen LogP contribution in [-0.4, -0.2) is 88.9 Å². The van der Waals surface area contributed by atoms with Crippen LogP contribution in [0.4, 0.5) is 5.69 Å². The van der Waals surface area contributed by atoms with E-state index in [-0.39, 0.29) is 31.1 Å². The summed E-state index contributed by atoms with van der Waals surface area (Å²) in [5.41, 5.74) is 3.16. The molecule has 0 bridgehead atoms. The van der Waals surface area contributed by atoms with Crippen molar-refractivity contribution in [2.75, 3.05) is 45.0 Å². The van der Waals surface area contributed by atoms with E-state index in [0.29, 0.717) is 19.9 Å². The van der Waals surface area contributed by atoms with E-state index < -0.39 is 16.1 Å². The van der Waals surface area contributed by atoms with E-state index >= 15 is 0 Å². The molecule has 0 saturated heterocycles. The molecule has 1 amide bonds. The quantitative estimate of drug-likeness (QED) is 0.172. The van der Waals surface area contributed by atoms with E-state index in [9.17, 15) is 9.59 Å². The highest BCUT2D eigenvalue weighted by molar-refractivity contribution is 7.18. The lowest BCUT2D eigenvalue weighted by Crippen LogP contribution is -2.46. The molecule has 222 valence electrons. The average Bonchev–Trinajstić information content (AvgIpc) is 3.48. The summed E-state index contributed by atoms with van der Waals surface area (Å²) in [6.07, 6.45) is 5.97. The van der Waals surface area contributed by atoms with Gasteiger partial charge < -0.3 is 24.0 Å². The number of carbonyl (C=O) groups is 2. The molecule has 2 aliphatic rings. The van der Waals surface area contributed by atoms with Gasteiger partial charge in [-0.3, -0.25) is 9.59 Å². The van der Waals surface area contributed by atoms with Crippen molar-refractivity contribution in [3.8, 4) is 10.4 Å². The first-order valence-electron chi connectivity index (χ1n) is 14.3. The lowest BCUT2D eigenvalue weighted by atomic mass is 9.98. The number of esters is 1. The average molecular weight is 607 g/mol. The van der Waals surface area contributed by atoms with Crippen molar-refractivity contribution in [2.24, 2.45) is 0 Å². The number of hydrogen-bond donors (Lipinski definition) is 0. The third-order valence-electron chi connectivity index (χ3n) is 7.43. The molecule has 0 radical (unpaired) electrons. The number of carbonyl (C=O) groups excluding carboxylic acids is 2. The zero-order chi connectivity index (χ0) is 29.1. The Hall–Kier alpha value is -2.00. The van der Waals surface area contributed by atoms with Gasteiger partial charge in [0, 0.05) is 59.1 Å². The molecule has 0 saturated carbocycles. The van der Waals surface area contributed by atoms with Gasteiger partial charge >= 0.3 is 5.97 Å². The molecule has 0 fully saturated rings. The SMILES string of the molecule is COC(=O)C[C@@H]1CN(COCC[Si](C)(C)C)C(=O)c2sc(-c3cnn(COCC[Si](C)(C)C)c3)c3c2N1CCC3. The Morgan fingerprint density at radius 1 is 1.05 bits per heavy atom. The third-order valence-corrected chi connectivity index (χ3v) is 12.1. The monoisotopic (exact) mass is 606 g/mol. The number of aromatic nitrogens is 2. The van der Waals surface area contributed by atoms with Gasteiger partial charge in [0.15, 0.2) is 0 Å². The lowest BCUT2D eigenvalue weighted by Gasteiger charge is -2.36. The van der Waals surface area contributed by atoms with Crippen molar-refractivity contribution in [1.29, 1.82) is 0 Å². The standard InChI is InChI=1S/C28H46N4O5SSi2/c1-35-24(33)15-22-18-30(19-36-11-13-39(2,3)4)28(34)27-25-23(9-8-10-32(22)25)26(38-27)21-16-29-31(17-21)20-37-12-14-40(5,6)7/h16-17,22H,8-15,18-20H2,1-7H3/t22-/m1/s1.